The number of carbonyl (C=O) groups is 3. The Morgan fingerprint density at radius 1 is 1.38 bits per heavy atom. The molecule has 6 heteroatoms. The third-order valence-electron chi connectivity index (χ3n) is 3.01. The molecule has 0 bridgehead atoms. The molecule has 0 spiro atoms. The second-order valence-electron chi connectivity index (χ2n) is 4.00. The van der Waals surface area contributed by atoms with Gasteiger partial charge in [0.2, 0.25) is 5.91 Å². The van der Waals surface area contributed by atoms with Gasteiger partial charge < -0.3 is 14.7 Å². The predicted molar refractivity (Wildman–Crippen MR) is 53.6 cm³/mol. The number of amides is 1. The predicted octanol–water partition coefficient (Wildman–Crippen LogP) is -0.129. The monoisotopic (exact) mass is 229 g/mol. The Kier molecular flexibility index (Phi) is 3.21. The number of methoxy groups -OCH3 is 1. The van der Waals surface area contributed by atoms with E-state index in [2.05, 4.69) is 4.74 Å². The van der Waals surface area contributed by atoms with Gasteiger partial charge in [0.1, 0.15) is 11.5 Å². The molecule has 16 heavy (non-hydrogen) atoms. The number of carboxylic acid groups (broad SMARTS) is 1. The molecule has 0 saturated heterocycles. The van der Waals surface area contributed by atoms with E-state index in [1.807, 2.05) is 0 Å². The molecular formula is C10H15NO5. The van der Waals surface area contributed by atoms with Gasteiger partial charge in [0, 0.05) is 7.05 Å². The van der Waals surface area contributed by atoms with Gasteiger partial charge >= 0.3 is 11.9 Å². The summed E-state index contributed by atoms with van der Waals surface area (Å²) in [6, 6.07) is -0.769. The molecule has 1 saturated carbocycles. The Balaban J connectivity index is 2.75. The normalized spacial score (nSPS) is 18.4. The summed E-state index contributed by atoms with van der Waals surface area (Å²) in [7, 11) is 2.63. The van der Waals surface area contributed by atoms with Crippen LogP contribution >= 0.6 is 0 Å². The molecule has 1 aliphatic carbocycles. The van der Waals surface area contributed by atoms with Crippen LogP contribution in [0.15, 0.2) is 0 Å². The first kappa shape index (κ1) is 12.5. The van der Waals surface area contributed by atoms with Gasteiger partial charge in [-0.05, 0) is 19.8 Å². The van der Waals surface area contributed by atoms with E-state index in [1.54, 1.807) is 0 Å². The topological polar surface area (TPSA) is 83.9 Å². The maximum atomic E-state index is 11.9. The highest BCUT2D eigenvalue weighted by atomic mass is 16.5. The van der Waals surface area contributed by atoms with Crippen molar-refractivity contribution in [2.75, 3.05) is 14.2 Å². The van der Waals surface area contributed by atoms with Gasteiger partial charge in [0.05, 0.1) is 7.11 Å². The number of rotatable bonds is 4. The van der Waals surface area contributed by atoms with E-state index in [1.165, 1.54) is 21.1 Å². The van der Waals surface area contributed by atoms with Gasteiger partial charge in [-0.2, -0.15) is 0 Å². The third kappa shape index (κ3) is 1.87. The van der Waals surface area contributed by atoms with Crippen LogP contribution in [0.2, 0.25) is 0 Å². The number of carboxylic acids is 1. The second kappa shape index (κ2) is 4.11. The van der Waals surface area contributed by atoms with Crippen molar-refractivity contribution in [3.63, 3.8) is 0 Å². The summed E-state index contributed by atoms with van der Waals surface area (Å²) in [4.78, 5) is 35.1. The highest BCUT2D eigenvalue weighted by Crippen LogP contribution is 2.47. The lowest BCUT2D eigenvalue weighted by Gasteiger charge is -2.25. The molecule has 0 radical (unpaired) electrons. The van der Waals surface area contributed by atoms with Crippen molar-refractivity contribution in [2.45, 2.75) is 25.8 Å². The maximum Gasteiger partial charge on any atom is 0.328 e. The fourth-order valence-corrected chi connectivity index (χ4v) is 1.49. The summed E-state index contributed by atoms with van der Waals surface area (Å²) >= 11 is 0. The highest BCUT2D eigenvalue weighted by molar-refractivity contribution is 6.05. The van der Waals surface area contributed by atoms with Crippen molar-refractivity contribution in [2.24, 2.45) is 5.41 Å². The average Bonchev–Trinajstić information content (AvgIpc) is 3.06. The number of hydrogen-bond acceptors (Lipinski definition) is 4. The summed E-state index contributed by atoms with van der Waals surface area (Å²) in [5, 5.41) is 8.94. The first-order valence-electron chi connectivity index (χ1n) is 4.95. The van der Waals surface area contributed by atoms with Crippen molar-refractivity contribution >= 4 is 17.8 Å². The molecule has 90 valence electrons. The minimum atomic E-state index is -1.31. The first-order chi connectivity index (χ1) is 7.36. The van der Waals surface area contributed by atoms with Crippen LogP contribution in [-0.4, -0.2) is 48.1 Å². The lowest BCUT2D eigenvalue weighted by Crippen LogP contribution is -2.46. The summed E-state index contributed by atoms with van der Waals surface area (Å²) < 4.78 is 4.50. The summed E-state index contributed by atoms with van der Waals surface area (Å²) in [6.45, 7) is 1.50. The van der Waals surface area contributed by atoms with Gasteiger partial charge in [0.15, 0.2) is 0 Å². The number of hydrogen-bond donors (Lipinski definition) is 1. The number of aliphatic carboxylic acids is 1. The first-order valence-corrected chi connectivity index (χ1v) is 4.95. The molecule has 1 unspecified atom stereocenters. The Bertz CT molecular complexity index is 334. The molecule has 1 amide bonds. The van der Waals surface area contributed by atoms with Crippen LogP contribution in [0.5, 0.6) is 0 Å². The standard InChI is InChI=1S/C10H15NO5/c1-6(7(12)16-3)11(2)8(13)10(4-5-10)9(14)15/h6H,4-5H2,1-3H3,(H,14,15). The highest BCUT2D eigenvalue weighted by Gasteiger charge is 2.58. The van der Waals surface area contributed by atoms with Gasteiger partial charge in [0.25, 0.3) is 0 Å². The molecule has 1 atom stereocenters. The van der Waals surface area contributed by atoms with Crippen LogP contribution in [0.4, 0.5) is 0 Å². The zero-order valence-corrected chi connectivity index (χ0v) is 9.52. The molecular weight excluding hydrogens is 214 g/mol. The lowest BCUT2D eigenvalue weighted by atomic mass is 10.1. The van der Waals surface area contributed by atoms with E-state index in [9.17, 15) is 14.4 Å². The van der Waals surface area contributed by atoms with E-state index in [-0.39, 0.29) is 0 Å². The van der Waals surface area contributed by atoms with Crippen LogP contribution in [0, 0.1) is 5.41 Å². The molecule has 6 nitrogen and oxygen atoms in total. The van der Waals surface area contributed by atoms with Crippen LogP contribution in [-0.2, 0) is 19.1 Å². The largest absolute Gasteiger partial charge is 0.480 e. The van der Waals surface area contributed by atoms with Crippen LogP contribution in [0.3, 0.4) is 0 Å². The SMILES string of the molecule is COC(=O)C(C)N(C)C(=O)C1(C(=O)O)CC1. The number of ether oxygens (including phenoxy) is 1. The quantitative estimate of drug-likeness (QED) is 0.536. The van der Waals surface area contributed by atoms with E-state index >= 15 is 0 Å². The van der Waals surface area contributed by atoms with Crippen molar-refractivity contribution in [3.8, 4) is 0 Å². The smallest absolute Gasteiger partial charge is 0.328 e. The van der Waals surface area contributed by atoms with E-state index < -0.39 is 29.3 Å². The number of likely N-dealkylation sites (N-methyl/N-ethyl adjacent to an activating group) is 1. The molecule has 1 aliphatic rings. The second-order valence-corrected chi connectivity index (χ2v) is 4.00. The van der Waals surface area contributed by atoms with Crippen molar-refractivity contribution in [1.29, 1.82) is 0 Å². The number of esters is 1. The minimum absolute atomic E-state index is 0.333. The zero-order valence-electron chi connectivity index (χ0n) is 9.52. The van der Waals surface area contributed by atoms with Crippen molar-refractivity contribution < 1.29 is 24.2 Å². The minimum Gasteiger partial charge on any atom is -0.480 e. The van der Waals surface area contributed by atoms with Crippen molar-refractivity contribution in [3.05, 3.63) is 0 Å². The molecule has 0 aliphatic heterocycles. The van der Waals surface area contributed by atoms with E-state index in [0.29, 0.717) is 12.8 Å². The van der Waals surface area contributed by atoms with Crippen molar-refractivity contribution in [1.82, 2.24) is 4.90 Å². The number of carbonyl (C=O) groups excluding carboxylic acids is 2. The van der Waals surface area contributed by atoms with Crippen LogP contribution < -0.4 is 0 Å². The summed E-state index contributed by atoms with van der Waals surface area (Å²) in [5.41, 5.74) is -1.31. The van der Waals surface area contributed by atoms with Gasteiger partial charge in [-0.3, -0.25) is 9.59 Å². The number of nitrogens with zero attached hydrogens (tertiary/aromatic N) is 1. The molecule has 0 aromatic heterocycles. The lowest BCUT2D eigenvalue weighted by molar-refractivity contribution is -0.159. The van der Waals surface area contributed by atoms with E-state index in [0.717, 1.165) is 4.90 Å². The molecule has 0 heterocycles. The Morgan fingerprint density at radius 3 is 2.19 bits per heavy atom. The molecule has 1 N–H and O–H groups in total. The fourth-order valence-electron chi connectivity index (χ4n) is 1.49. The Hall–Kier alpha value is -1.59. The summed E-state index contributed by atoms with van der Waals surface area (Å²) in [6.07, 6.45) is 0.665. The molecule has 0 aromatic rings. The fraction of sp³-hybridized carbons (Fsp3) is 0.700. The summed E-state index contributed by atoms with van der Waals surface area (Å²) in [5.74, 6) is -2.21. The van der Waals surface area contributed by atoms with E-state index in [4.69, 9.17) is 5.11 Å². The zero-order chi connectivity index (χ0) is 12.5. The van der Waals surface area contributed by atoms with Gasteiger partial charge in [-0.25, -0.2) is 4.79 Å². The Morgan fingerprint density at radius 2 is 1.88 bits per heavy atom. The van der Waals surface area contributed by atoms with Gasteiger partial charge in [-0.15, -0.1) is 0 Å². The van der Waals surface area contributed by atoms with Crippen LogP contribution in [0.1, 0.15) is 19.8 Å². The van der Waals surface area contributed by atoms with Gasteiger partial charge in [-0.1, -0.05) is 0 Å². The maximum absolute atomic E-state index is 11.9. The third-order valence-corrected chi connectivity index (χ3v) is 3.01. The molecule has 0 aromatic carbocycles. The molecule has 1 rings (SSSR count). The molecule has 1 fully saturated rings. The van der Waals surface area contributed by atoms with Crippen LogP contribution in [0.25, 0.3) is 0 Å². The average molecular weight is 229 g/mol. The Labute approximate surface area is 93.2 Å².